The van der Waals surface area contributed by atoms with Crippen LogP contribution in [0.4, 0.5) is 0 Å². The number of aromatic amines is 1. The van der Waals surface area contributed by atoms with Crippen molar-refractivity contribution >= 4 is 56.7 Å². The number of nitrogens with zero attached hydrogens (tertiary/aromatic N) is 1. The molecule has 0 aliphatic carbocycles. The van der Waals surface area contributed by atoms with E-state index in [1.807, 2.05) is 18.2 Å². The topological polar surface area (TPSA) is 55.0 Å². The lowest BCUT2D eigenvalue weighted by atomic mass is 10.2. The molecule has 0 bridgehead atoms. The molecule has 0 spiro atoms. The van der Waals surface area contributed by atoms with Crippen LogP contribution in [0.1, 0.15) is 16.1 Å². The molecule has 1 heterocycles. The van der Waals surface area contributed by atoms with Gasteiger partial charge in [-0.05, 0) is 47.7 Å². The molecule has 2 rings (SSSR count). The molecular weight excluding hydrogens is 455 g/mol. The molecule has 1 aromatic carbocycles. The normalized spacial score (nSPS) is 10.4. The van der Waals surface area contributed by atoms with Crippen LogP contribution in [0.5, 0.6) is 0 Å². The predicted molar refractivity (Wildman–Crippen MR) is 91.4 cm³/mol. The Labute approximate surface area is 143 Å². The van der Waals surface area contributed by atoms with E-state index in [1.54, 1.807) is 6.92 Å². The summed E-state index contributed by atoms with van der Waals surface area (Å²) >= 11 is 10.9. The van der Waals surface area contributed by atoms with Crippen molar-refractivity contribution in [2.75, 3.05) is 7.11 Å². The lowest BCUT2D eigenvalue weighted by Gasteiger charge is -2.09. The highest BCUT2D eigenvalue weighted by atomic mass is 127. The first kappa shape index (κ1) is 15.6. The Kier molecular flexibility index (Phi) is 4.92. The van der Waals surface area contributed by atoms with E-state index in [0.29, 0.717) is 17.1 Å². The van der Waals surface area contributed by atoms with Crippen LogP contribution < -0.4 is 0 Å². The van der Waals surface area contributed by atoms with Gasteiger partial charge in [0.1, 0.15) is 16.0 Å². The van der Waals surface area contributed by atoms with Gasteiger partial charge in [0.15, 0.2) is 0 Å². The van der Waals surface area contributed by atoms with E-state index in [1.165, 1.54) is 7.11 Å². The minimum absolute atomic E-state index is 0.230. The number of ether oxygens (including phenoxy) is 1. The summed E-state index contributed by atoms with van der Waals surface area (Å²) in [5, 5.41) is 0. The van der Waals surface area contributed by atoms with Crippen molar-refractivity contribution in [3.05, 3.63) is 42.1 Å². The molecule has 0 fully saturated rings. The van der Waals surface area contributed by atoms with E-state index in [9.17, 15) is 4.79 Å². The van der Waals surface area contributed by atoms with E-state index in [0.717, 1.165) is 13.6 Å². The number of aryl methyl sites for hydroxylation is 1. The van der Waals surface area contributed by atoms with Crippen LogP contribution in [0.3, 0.4) is 0 Å². The highest BCUT2D eigenvalue weighted by molar-refractivity contribution is 14.1. The second-order valence-electron chi connectivity index (χ2n) is 4.01. The van der Waals surface area contributed by atoms with Crippen LogP contribution in [0.15, 0.2) is 22.7 Å². The number of nitrogens with one attached hydrogen (secondary N) is 1. The fourth-order valence-corrected chi connectivity index (χ4v) is 2.99. The van der Waals surface area contributed by atoms with E-state index in [4.69, 9.17) is 17.0 Å². The van der Waals surface area contributed by atoms with Crippen LogP contribution in [0.25, 0.3) is 11.4 Å². The monoisotopic (exact) mass is 464 g/mol. The first-order valence-corrected chi connectivity index (χ1v) is 7.86. The molecule has 0 unspecified atom stereocenters. The SMILES string of the molecule is COC(=O)c1c(C)[nH]c(-c2cc(I)ccc2Br)nc1=S. The smallest absolute Gasteiger partial charge is 0.342 e. The van der Waals surface area contributed by atoms with Crippen LogP contribution in [-0.2, 0) is 4.74 Å². The molecule has 0 aliphatic rings. The lowest BCUT2D eigenvalue weighted by Crippen LogP contribution is -2.09. The van der Waals surface area contributed by atoms with Gasteiger partial charge >= 0.3 is 5.97 Å². The number of aromatic nitrogens is 2. The van der Waals surface area contributed by atoms with Gasteiger partial charge in [-0.2, -0.15) is 0 Å². The summed E-state index contributed by atoms with van der Waals surface area (Å²) in [4.78, 5) is 19.1. The highest BCUT2D eigenvalue weighted by Gasteiger charge is 2.16. The predicted octanol–water partition coefficient (Wildman–Crippen LogP) is 4.27. The number of benzene rings is 1. The number of hydrogen-bond donors (Lipinski definition) is 1. The van der Waals surface area contributed by atoms with Crippen molar-refractivity contribution in [2.45, 2.75) is 6.92 Å². The Hall–Kier alpha value is -0.800. The van der Waals surface area contributed by atoms with Gasteiger partial charge in [-0.15, -0.1) is 0 Å². The molecule has 7 heteroatoms. The number of hydrogen-bond acceptors (Lipinski definition) is 4. The van der Waals surface area contributed by atoms with Crippen LogP contribution >= 0.6 is 50.7 Å². The molecule has 2 aromatic rings. The van der Waals surface area contributed by atoms with Crippen molar-refractivity contribution in [1.29, 1.82) is 0 Å². The molecule has 0 aliphatic heterocycles. The Balaban J connectivity index is 2.64. The van der Waals surface area contributed by atoms with Gasteiger partial charge in [0.25, 0.3) is 0 Å². The minimum atomic E-state index is -0.482. The van der Waals surface area contributed by atoms with Gasteiger partial charge < -0.3 is 9.72 Å². The van der Waals surface area contributed by atoms with Crippen molar-refractivity contribution in [3.63, 3.8) is 0 Å². The van der Waals surface area contributed by atoms with Gasteiger partial charge in [-0.1, -0.05) is 28.1 Å². The lowest BCUT2D eigenvalue weighted by molar-refractivity contribution is 0.0598. The van der Waals surface area contributed by atoms with E-state index < -0.39 is 5.97 Å². The molecule has 0 amide bonds. The fraction of sp³-hybridized carbons (Fsp3) is 0.154. The third kappa shape index (κ3) is 3.09. The van der Waals surface area contributed by atoms with Gasteiger partial charge in [0.05, 0.1) is 7.11 Å². The Morgan fingerprint density at radius 1 is 1.50 bits per heavy atom. The van der Waals surface area contributed by atoms with Crippen molar-refractivity contribution in [1.82, 2.24) is 9.97 Å². The number of methoxy groups -OCH3 is 1. The quantitative estimate of drug-likeness (QED) is 0.409. The average Bonchev–Trinajstić information content (AvgIpc) is 2.40. The molecule has 104 valence electrons. The molecule has 4 nitrogen and oxygen atoms in total. The van der Waals surface area contributed by atoms with Gasteiger partial charge in [-0.25, -0.2) is 9.78 Å². The number of carbonyl (C=O) groups excluding carboxylic acids is 1. The average molecular weight is 465 g/mol. The van der Waals surface area contributed by atoms with Gasteiger partial charge in [0.2, 0.25) is 0 Å². The molecule has 1 aromatic heterocycles. The first-order chi connectivity index (χ1) is 9.43. The zero-order chi connectivity index (χ0) is 14.9. The standard InChI is InChI=1S/C13H10BrIN2O2S/c1-6-10(13(18)19-2)12(20)17-11(16-6)8-5-7(15)3-4-9(8)14/h3-5H,1-2H3,(H,16,17,20). The number of esters is 1. The second kappa shape index (κ2) is 6.31. The number of H-pyrrole nitrogens is 1. The summed E-state index contributed by atoms with van der Waals surface area (Å²) in [5.41, 5.74) is 1.83. The zero-order valence-electron chi connectivity index (χ0n) is 10.7. The largest absolute Gasteiger partial charge is 0.465 e. The third-order valence-electron chi connectivity index (χ3n) is 2.68. The maximum atomic E-state index is 11.7. The summed E-state index contributed by atoms with van der Waals surface area (Å²) in [6.07, 6.45) is 0. The third-order valence-corrected chi connectivity index (χ3v) is 4.34. The molecule has 1 N–H and O–H groups in total. The van der Waals surface area contributed by atoms with E-state index >= 15 is 0 Å². The zero-order valence-corrected chi connectivity index (χ0v) is 15.2. The second-order valence-corrected chi connectivity index (χ2v) is 6.49. The van der Waals surface area contributed by atoms with Crippen LogP contribution in [0.2, 0.25) is 0 Å². The minimum Gasteiger partial charge on any atom is -0.465 e. The summed E-state index contributed by atoms with van der Waals surface area (Å²) in [5.74, 6) is 0.134. The van der Waals surface area contributed by atoms with E-state index in [2.05, 4.69) is 48.5 Å². The fourth-order valence-electron chi connectivity index (χ4n) is 1.73. The molecule has 20 heavy (non-hydrogen) atoms. The molecule has 0 atom stereocenters. The van der Waals surface area contributed by atoms with E-state index in [-0.39, 0.29) is 4.64 Å². The number of carbonyl (C=O) groups is 1. The summed E-state index contributed by atoms with van der Waals surface area (Å²) in [6.45, 7) is 1.77. The van der Waals surface area contributed by atoms with Crippen LogP contribution in [-0.4, -0.2) is 23.0 Å². The van der Waals surface area contributed by atoms with Gasteiger partial charge in [0, 0.05) is 19.3 Å². The first-order valence-electron chi connectivity index (χ1n) is 5.58. The molecule has 0 radical (unpaired) electrons. The van der Waals surface area contributed by atoms with Gasteiger partial charge in [-0.3, -0.25) is 0 Å². The Bertz CT molecular complexity index is 746. The number of rotatable bonds is 2. The summed E-state index contributed by atoms with van der Waals surface area (Å²) in [7, 11) is 1.32. The number of halogens is 2. The molecule has 0 saturated heterocycles. The molecular formula is C13H10BrIN2O2S. The highest BCUT2D eigenvalue weighted by Crippen LogP contribution is 2.28. The maximum Gasteiger partial charge on any atom is 0.342 e. The van der Waals surface area contributed by atoms with Crippen molar-refractivity contribution in [2.24, 2.45) is 0 Å². The summed E-state index contributed by atoms with van der Waals surface area (Å²) < 4.78 is 6.92. The summed E-state index contributed by atoms with van der Waals surface area (Å²) in [6, 6.07) is 5.91. The molecule has 0 saturated carbocycles. The Morgan fingerprint density at radius 3 is 2.80 bits per heavy atom. The Morgan fingerprint density at radius 2 is 2.20 bits per heavy atom. The maximum absolute atomic E-state index is 11.7. The van der Waals surface area contributed by atoms with Crippen molar-refractivity contribution in [3.8, 4) is 11.4 Å². The van der Waals surface area contributed by atoms with Crippen LogP contribution in [0, 0.1) is 15.1 Å². The van der Waals surface area contributed by atoms with Crippen molar-refractivity contribution < 1.29 is 9.53 Å².